The van der Waals surface area contributed by atoms with Crippen molar-refractivity contribution in [3.8, 4) is 0 Å². The van der Waals surface area contributed by atoms with Crippen LogP contribution in [0.4, 0.5) is 0 Å². The summed E-state index contributed by atoms with van der Waals surface area (Å²) in [6.07, 6.45) is 7.28. The van der Waals surface area contributed by atoms with Gasteiger partial charge in [0.2, 0.25) is 0 Å². The summed E-state index contributed by atoms with van der Waals surface area (Å²) in [5, 5.41) is 3.56. The van der Waals surface area contributed by atoms with Gasteiger partial charge in [-0.1, -0.05) is 37.3 Å². The number of aromatic nitrogens is 2. The van der Waals surface area contributed by atoms with E-state index in [4.69, 9.17) is 5.73 Å². The summed E-state index contributed by atoms with van der Waals surface area (Å²) in [5.41, 5.74) is 8.15. The van der Waals surface area contributed by atoms with Crippen LogP contribution in [-0.2, 0) is 12.8 Å². The Morgan fingerprint density at radius 1 is 1.17 bits per heavy atom. The molecule has 0 spiro atoms. The largest absolute Gasteiger partial charge is 0.346 e. The highest BCUT2D eigenvalue weighted by Gasteiger charge is 2.08. The predicted molar refractivity (Wildman–Crippen MR) is 96.6 cm³/mol. The van der Waals surface area contributed by atoms with E-state index in [1.165, 1.54) is 18.4 Å². The van der Waals surface area contributed by atoms with Crippen LogP contribution in [0, 0.1) is 0 Å². The average Bonchev–Trinajstić information content (AvgIpc) is 3.03. The van der Waals surface area contributed by atoms with Crippen LogP contribution >= 0.6 is 0 Å². The number of aromatic amines is 1. The molecule has 2 rings (SSSR count). The minimum Gasteiger partial charge on any atom is -0.346 e. The zero-order valence-electron chi connectivity index (χ0n) is 14.2. The minimum absolute atomic E-state index is 0.660. The van der Waals surface area contributed by atoms with E-state index in [1.54, 1.807) is 0 Å². The summed E-state index contributed by atoms with van der Waals surface area (Å²) in [7, 11) is 0. The van der Waals surface area contributed by atoms with Crippen LogP contribution in [0.5, 0.6) is 0 Å². The van der Waals surface area contributed by atoms with E-state index < -0.39 is 0 Å². The highest BCUT2D eigenvalue weighted by Crippen LogP contribution is 2.22. The minimum atomic E-state index is 0.660. The quantitative estimate of drug-likeness (QED) is 0.559. The van der Waals surface area contributed by atoms with E-state index >= 15 is 0 Å². The molecule has 0 aliphatic rings. The van der Waals surface area contributed by atoms with E-state index in [9.17, 15) is 0 Å². The van der Waals surface area contributed by atoms with Crippen molar-refractivity contribution in [2.45, 2.75) is 44.9 Å². The first-order chi connectivity index (χ1) is 11.3. The molecule has 1 unspecified atom stereocenters. The molecule has 4 nitrogen and oxygen atoms in total. The van der Waals surface area contributed by atoms with Crippen molar-refractivity contribution < 1.29 is 0 Å². The number of nitrogens with zero attached hydrogens (tertiary/aromatic N) is 1. The highest BCUT2D eigenvalue weighted by atomic mass is 14.9. The van der Waals surface area contributed by atoms with E-state index in [2.05, 4.69) is 52.5 Å². The van der Waals surface area contributed by atoms with Gasteiger partial charge in [-0.2, -0.15) is 0 Å². The highest BCUT2D eigenvalue weighted by molar-refractivity contribution is 5.19. The molecule has 1 aromatic heterocycles. The van der Waals surface area contributed by atoms with E-state index in [-0.39, 0.29) is 0 Å². The molecule has 4 N–H and O–H groups in total. The van der Waals surface area contributed by atoms with E-state index in [0.717, 1.165) is 43.9 Å². The lowest BCUT2D eigenvalue weighted by molar-refractivity contribution is 0.546. The Hall–Kier alpha value is -1.65. The van der Waals surface area contributed by atoms with Crippen LogP contribution in [0.1, 0.15) is 49.2 Å². The summed E-state index contributed by atoms with van der Waals surface area (Å²) >= 11 is 0. The normalized spacial score (nSPS) is 12.4. The van der Waals surface area contributed by atoms with Gasteiger partial charge >= 0.3 is 0 Å². The fourth-order valence-corrected chi connectivity index (χ4v) is 2.93. The van der Waals surface area contributed by atoms with Crippen molar-refractivity contribution in [2.24, 2.45) is 5.73 Å². The molecule has 1 heterocycles. The number of aryl methyl sites for hydroxylation is 1. The molecule has 126 valence electrons. The molecule has 0 saturated heterocycles. The van der Waals surface area contributed by atoms with Gasteiger partial charge in [0, 0.05) is 24.7 Å². The number of benzene rings is 1. The Bertz CT molecular complexity index is 535. The molecule has 1 aromatic carbocycles. The number of hydrogen-bond acceptors (Lipinski definition) is 3. The third kappa shape index (κ3) is 6.16. The van der Waals surface area contributed by atoms with E-state index in [1.807, 2.05) is 6.20 Å². The van der Waals surface area contributed by atoms with Crippen molar-refractivity contribution in [1.29, 1.82) is 0 Å². The molecule has 0 aliphatic heterocycles. The Morgan fingerprint density at radius 3 is 2.74 bits per heavy atom. The third-order valence-electron chi connectivity index (χ3n) is 4.30. The number of nitrogens with two attached hydrogens (primary N) is 1. The second kappa shape index (κ2) is 10.2. The lowest BCUT2D eigenvalue weighted by atomic mass is 9.93. The zero-order chi connectivity index (χ0) is 16.3. The first-order valence-corrected chi connectivity index (χ1v) is 8.82. The lowest BCUT2D eigenvalue weighted by Crippen LogP contribution is -2.19. The molecular formula is C19H30N4. The molecule has 0 saturated carbocycles. The smallest absolute Gasteiger partial charge is 0.106 e. The number of H-pyrrole nitrogens is 1. The van der Waals surface area contributed by atoms with Gasteiger partial charge in [-0.05, 0) is 50.4 Å². The number of nitrogens with one attached hydrogen (secondary N) is 2. The summed E-state index contributed by atoms with van der Waals surface area (Å²) < 4.78 is 0. The molecule has 0 bridgehead atoms. The fraction of sp³-hybridized carbons (Fsp3) is 0.526. The Morgan fingerprint density at radius 2 is 2.00 bits per heavy atom. The maximum atomic E-state index is 5.54. The van der Waals surface area contributed by atoms with E-state index in [0.29, 0.717) is 12.5 Å². The summed E-state index contributed by atoms with van der Waals surface area (Å²) in [6.45, 7) is 5.05. The molecular weight excluding hydrogens is 284 g/mol. The van der Waals surface area contributed by atoms with Gasteiger partial charge in [0.15, 0.2) is 0 Å². The van der Waals surface area contributed by atoms with Crippen molar-refractivity contribution in [3.63, 3.8) is 0 Å². The maximum absolute atomic E-state index is 5.54. The zero-order valence-corrected chi connectivity index (χ0v) is 14.2. The predicted octanol–water partition coefficient (Wildman–Crippen LogP) is 3.02. The monoisotopic (exact) mass is 314 g/mol. The van der Waals surface area contributed by atoms with Crippen molar-refractivity contribution in [1.82, 2.24) is 15.3 Å². The topological polar surface area (TPSA) is 66.7 Å². The Balaban J connectivity index is 1.59. The van der Waals surface area contributed by atoms with Gasteiger partial charge in [0.05, 0.1) is 0 Å². The number of imidazole rings is 1. The van der Waals surface area contributed by atoms with Gasteiger partial charge in [0.25, 0.3) is 0 Å². The Labute approximate surface area is 139 Å². The van der Waals surface area contributed by atoms with Crippen LogP contribution in [0.15, 0.2) is 36.5 Å². The van der Waals surface area contributed by atoms with Crippen molar-refractivity contribution in [2.75, 3.05) is 19.6 Å². The second-order valence-corrected chi connectivity index (χ2v) is 6.05. The van der Waals surface area contributed by atoms with Gasteiger partial charge < -0.3 is 16.0 Å². The molecule has 0 aliphatic carbocycles. The van der Waals surface area contributed by atoms with Crippen LogP contribution in [0.25, 0.3) is 0 Å². The number of rotatable bonds is 11. The molecule has 0 fully saturated rings. The summed E-state index contributed by atoms with van der Waals surface area (Å²) in [6, 6.07) is 10.8. The van der Waals surface area contributed by atoms with Gasteiger partial charge in [0.1, 0.15) is 5.82 Å². The molecule has 2 aromatic rings. The van der Waals surface area contributed by atoms with Crippen LogP contribution < -0.4 is 11.1 Å². The molecule has 23 heavy (non-hydrogen) atoms. The Kier molecular flexibility index (Phi) is 7.84. The standard InChI is InChI=1S/C19H30N4/c1-2-16(17-7-4-3-5-8-17)11-14-21-13-6-9-19-22-15-18(23-19)10-12-20/h3-5,7-8,15-16,21H,2,6,9-14,20H2,1H3,(H,22,23). The molecule has 0 amide bonds. The molecule has 4 heteroatoms. The van der Waals surface area contributed by atoms with Crippen LogP contribution in [0.3, 0.4) is 0 Å². The maximum Gasteiger partial charge on any atom is 0.106 e. The van der Waals surface area contributed by atoms with Crippen LogP contribution in [0.2, 0.25) is 0 Å². The first-order valence-electron chi connectivity index (χ1n) is 8.82. The number of hydrogen-bond donors (Lipinski definition) is 3. The van der Waals surface area contributed by atoms with Crippen LogP contribution in [-0.4, -0.2) is 29.6 Å². The molecule has 1 atom stereocenters. The fourth-order valence-electron chi connectivity index (χ4n) is 2.93. The summed E-state index contributed by atoms with van der Waals surface area (Å²) in [5.74, 6) is 1.73. The van der Waals surface area contributed by atoms with Gasteiger partial charge in [-0.3, -0.25) is 0 Å². The second-order valence-electron chi connectivity index (χ2n) is 6.05. The average molecular weight is 314 g/mol. The van der Waals surface area contributed by atoms with Gasteiger partial charge in [-0.25, -0.2) is 4.98 Å². The first kappa shape index (κ1) is 17.7. The summed E-state index contributed by atoms with van der Waals surface area (Å²) in [4.78, 5) is 7.73. The van der Waals surface area contributed by atoms with Crippen molar-refractivity contribution in [3.05, 3.63) is 53.6 Å². The molecule has 0 radical (unpaired) electrons. The third-order valence-corrected chi connectivity index (χ3v) is 4.30. The lowest BCUT2D eigenvalue weighted by Gasteiger charge is -2.15. The SMILES string of the molecule is CCC(CCNCCCc1ncc(CCN)[nH]1)c1ccccc1. The van der Waals surface area contributed by atoms with Gasteiger partial charge in [-0.15, -0.1) is 0 Å². The van der Waals surface area contributed by atoms with Crippen molar-refractivity contribution >= 4 is 0 Å².